The van der Waals surface area contributed by atoms with Gasteiger partial charge in [-0.05, 0) is 37.3 Å². The van der Waals surface area contributed by atoms with Crippen molar-refractivity contribution >= 4 is 44.9 Å². The van der Waals surface area contributed by atoms with Gasteiger partial charge in [-0.1, -0.05) is 11.6 Å². The molecule has 0 saturated heterocycles. The number of aryl methyl sites for hydroxylation is 1. The molecule has 0 saturated carbocycles. The Balaban J connectivity index is 1.82. The Hall–Kier alpha value is -1.17. The van der Waals surface area contributed by atoms with E-state index >= 15 is 0 Å². The van der Waals surface area contributed by atoms with E-state index in [-0.39, 0.29) is 5.82 Å². The van der Waals surface area contributed by atoms with Crippen LogP contribution in [0.15, 0.2) is 35.2 Å². The topological polar surface area (TPSA) is 25.8 Å². The highest BCUT2D eigenvalue weighted by Gasteiger charge is 2.09. The lowest BCUT2D eigenvalue weighted by molar-refractivity contribution is 0.626. The van der Waals surface area contributed by atoms with Crippen molar-refractivity contribution in [2.75, 3.05) is 0 Å². The van der Waals surface area contributed by atoms with Crippen LogP contribution in [0.25, 0.3) is 10.2 Å². The molecule has 2 heterocycles. The van der Waals surface area contributed by atoms with E-state index in [0.29, 0.717) is 16.7 Å². The Morgan fingerprint density at radius 1 is 1.25 bits per heavy atom. The Kier molecular flexibility index (Phi) is 3.92. The fourth-order valence-electron chi connectivity index (χ4n) is 1.79. The van der Waals surface area contributed by atoms with E-state index in [1.54, 1.807) is 35.2 Å². The van der Waals surface area contributed by atoms with Crippen LogP contribution in [-0.2, 0) is 5.75 Å². The van der Waals surface area contributed by atoms with Crippen LogP contribution in [0.5, 0.6) is 0 Å². The van der Waals surface area contributed by atoms with Crippen molar-refractivity contribution in [1.82, 2.24) is 9.97 Å². The molecule has 0 amide bonds. The molecule has 0 spiro atoms. The van der Waals surface area contributed by atoms with Gasteiger partial charge in [-0.15, -0.1) is 23.1 Å². The van der Waals surface area contributed by atoms with Crippen LogP contribution >= 0.6 is 34.7 Å². The van der Waals surface area contributed by atoms with Gasteiger partial charge in [-0.25, -0.2) is 14.4 Å². The number of fused-ring (bicyclic) bond motifs is 1. The molecular formula is C14H10ClFN2S2. The zero-order valence-electron chi connectivity index (χ0n) is 10.6. The van der Waals surface area contributed by atoms with Gasteiger partial charge in [0.2, 0.25) is 0 Å². The van der Waals surface area contributed by atoms with E-state index < -0.39 is 0 Å². The summed E-state index contributed by atoms with van der Waals surface area (Å²) < 4.78 is 12.8. The molecule has 0 aliphatic rings. The summed E-state index contributed by atoms with van der Waals surface area (Å²) in [5.41, 5.74) is 0. The minimum absolute atomic E-state index is 0.232. The molecule has 0 aliphatic heterocycles. The summed E-state index contributed by atoms with van der Waals surface area (Å²) in [6, 6.07) is 8.38. The van der Waals surface area contributed by atoms with Gasteiger partial charge in [0.15, 0.2) is 0 Å². The standard InChI is InChI=1S/C14H10ClFN2S2/c1-8-6-11-13(15)17-12(18-14(11)20-8)7-19-10-4-2-9(16)3-5-10/h2-6H,7H2,1H3. The Labute approximate surface area is 129 Å². The first-order valence-corrected chi connectivity index (χ1v) is 8.11. The molecule has 0 bridgehead atoms. The SMILES string of the molecule is Cc1cc2c(Cl)nc(CSc3ccc(F)cc3)nc2s1. The van der Waals surface area contributed by atoms with Crippen LogP contribution in [-0.4, -0.2) is 9.97 Å². The fraction of sp³-hybridized carbons (Fsp3) is 0.143. The zero-order valence-corrected chi connectivity index (χ0v) is 12.9. The zero-order chi connectivity index (χ0) is 14.1. The lowest BCUT2D eigenvalue weighted by atomic mass is 10.4. The van der Waals surface area contributed by atoms with Gasteiger partial charge >= 0.3 is 0 Å². The molecule has 2 nitrogen and oxygen atoms in total. The summed E-state index contributed by atoms with van der Waals surface area (Å²) in [5.74, 6) is 1.07. The predicted molar refractivity (Wildman–Crippen MR) is 83.1 cm³/mol. The highest BCUT2D eigenvalue weighted by atomic mass is 35.5. The minimum atomic E-state index is -0.232. The number of benzene rings is 1. The highest BCUT2D eigenvalue weighted by Crippen LogP contribution is 2.30. The van der Waals surface area contributed by atoms with Crippen LogP contribution < -0.4 is 0 Å². The summed E-state index contributed by atoms with van der Waals surface area (Å²) in [4.78, 5) is 11.9. The van der Waals surface area contributed by atoms with Crippen molar-refractivity contribution in [3.63, 3.8) is 0 Å². The Morgan fingerprint density at radius 3 is 2.75 bits per heavy atom. The smallest absolute Gasteiger partial charge is 0.142 e. The maximum absolute atomic E-state index is 12.8. The second-order valence-corrected chi connectivity index (χ2v) is 6.89. The van der Waals surface area contributed by atoms with Crippen molar-refractivity contribution in [3.05, 3.63) is 52.0 Å². The number of nitrogens with zero attached hydrogens (tertiary/aromatic N) is 2. The molecule has 0 unspecified atom stereocenters. The molecule has 3 rings (SSSR count). The molecule has 0 radical (unpaired) electrons. The van der Waals surface area contributed by atoms with E-state index in [9.17, 15) is 4.39 Å². The van der Waals surface area contributed by atoms with Crippen LogP contribution in [0, 0.1) is 12.7 Å². The summed E-state index contributed by atoms with van der Waals surface area (Å²) in [6.45, 7) is 2.02. The second-order valence-electron chi connectivity index (χ2n) is 4.25. The number of hydrogen-bond donors (Lipinski definition) is 0. The molecule has 0 N–H and O–H groups in total. The number of rotatable bonds is 3. The Morgan fingerprint density at radius 2 is 2.00 bits per heavy atom. The molecule has 20 heavy (non-hydrogen) atoms. The summed E-state index contributed by atoms with van der Waals surface area (Å²) in [5, 5.41) is 1.40. The van der Waals surface area contributed by atoms with E-state index in [1.165, 1.54) is 17.0 Å². The molecular weight excluding hydrogens is 315 g/mol. The van der Waals surface area contributed by atoms with Gasteiger partial charge in [-0.2, -0.15) is 0 Å². The monoisotopic (exact) mass is 324 g/mol. The third-order valence-corrected chi connectivity index (χ3v) is 4.94. The molecule has 0 aliphatic carbocycles. The molecule has 0 fully saturated rings. The summed E-state index contributed by atoms with van der Waals surface area (Å²) in [7, 11) is 0. The molecule has 2 aromatic heterocycles. The van der Waals surface area contributed by atoms with Crippen molar-refractivity contribution < 1.29 is 4.39 Å². The number of aromatic nitrogens is 2. The lowest BCUT2D eigenvalue weighted by Gasteiger charge is -2.02. The number of halogens is 2. The summed E-state index contributed by atoms with van der Waals surface area (Å²) in [6.07, 6.45) is 0. The van der Waals surface area contributed by atoms with Gasteiger partial charge in [0.25, 0.3) is 0 Å². The van der Waals surface area contributed by atoms with Crippen molar-refractivity contribution in [3.8, 4) is 0 Å². The number of thioether (sulfide) groups is 1. The average Bonchev–Trinajstić information content (AvgIpc) is 2.79. The third-order valence-electron chi connectivity index (χ3n) is 2.70. The van der Waals surface area contributed by atoms with Crippen molar-refractivity contribution in [2.24, 2.45) is 0 Å². The summed E-state index contributed by atoms with van der Waals surface area (Å²) >= 11 is 9.35. The largest absolute Gasteiger partial charge is 0.221 e. The molecule has 0 atom stereocenters. The number of thiophene rings is 1. The number of hydrogen-bond acceptors (Lipinski definition) is 4. The van der Waals surface area contributed by atoms with Crippen molar-refractivity contribution in [1.29, 1.82) is 0 Å². The first-order valence-electron chi connectivity index (χ1n) is 5.93. The predicted octanol–water partition coefficient (Wildman–Crippen LogP) is 5.08. The van der Waals surface area contributed by atoms with Gasteiger partial charge in [0.05, 0.1) is 5.75 Å². The van der Waals surface area contributed by atoms with Crippen LogP contribution in [0.2, 0.25) is 5.15 Å². The average molecular weight is 325 g/mol. The maximum Gasteiger partial charge on any atom is 0.142 e. The molecule has 102 valence electrons. The van der Waals surface area contributed by atoms with Gasteiger partial charge in [0, 0.05) is 15.2 Å². The Bertz CT molecular complexity index is 756. The van der Waals surface area contributed by atoms with Crippen LogP contribution in [0.1, 0.15) is 10.7 Å². The maximum atomic E-state index is 12.8. The molecule has 1 aromatic carbocycles. The lowest BCUT2D eigenvalue weighted by Crippen LogP contribution is -1.92. The fourth-order valence-corrected chi connectivity index (χ4v) is 3.74. The van der Waals surface area contributed by atoms with Crippen LogP contribution in [0.3, 0.4) is 0 Å². The van der Waals surface area contributed by atoms with E-state index in [1.807, 2.05) is 13.0 Å². The van der Waals surface area contributed by atoms with Gasteiger partial charge in [-0.3, -0.25) is 0 Å². The third kappa shape index (κ3) is 2.95. The second kappa shape index (κ2) is 5.68. The van der Waals surface area contributed by atoms with Gasteiger partial charge in [0.1, 0.15) is 21.6 Å². The highest BCUT2D eigenvalue weighted by molar-refractivity contribution is 7.98. The van der Waals surface area contributed by atoms with E-state index in [0.717, 1.165) is 15.1 Å². The van der Waals surface area contributed by atoms with E-state index in [2.05, 4.69) is 9.97 Å². The quantitative estimate of drug-likeness (QED) is 0.496. The van der Waals surface area contributed by atoms with Crippen LogP contribution in [0.4, 0.5) is 4.39 Å². The van der Waals surface area contributed by atoms with Gasteiger partial charge < -0.3 is 0 Å². The first-order chi connectivity index (χ1) is 9.61. The van der Waals surface area contributed by atoms with Crippen molar-refractivity contribution in [2.45, 2.75) is 17.6 Å². The minimum Gasteiger partial charge on any atom is -0.221 e. The molecule has 6 heteroatoms. The van der Waals surface area contributed by atoms with E-state index in [4.69, 9.17) is 11.6 Å². The normalized spacial score (nSPS) is 11.2. The first kappa shape index (κ1) is 13.8. The molecule has 3 aromatic rings.